The molecule has 124 valence electrons. The van der Waals surface area contributed by atoms with Crippen LogP contribution < -0.4 is 5.32 Å². The van der Waals surface area contributed by atoms with Crippen LogP contribution in [-0.2, 0) is 0 Å². The van der Waals surface area contributed by atoms with E-state index in [1.807, 2.05) is 6.08 Å². The number of alkyl halides is 3. The Balaban J connectivity index is 0.00000242. The molecule has 22 heavy (non-hydrogen) atoms. The summed E-state index contributed by atoms with van der Waals surface area (Å²) >= 11 is -0.0737. The molecule has 1 atom stereocenters. The maximum atomic E-state index is 12.3. The van der Waals surface area contributed by atoms with Crippen molar-refractivity contribution in [1.82, 2.24) is 10.2 Å². The van der Waals surface area contributed by atoms with Crippen LogP contribution in [0.1, 0.15) is 18.0 Å². The molecule has 0 saturated carbocycles. The van der Waals surface area contributed by atoms with Gasteiger partial charge in [0.05, 0.1) is 0 Å². The van der Waals surface area contributed by atoms with Crippen LogP contribution in [0.4, 0.5) is 13.2 Å². The Bertz CT molecular complexity index is 459. The second-order valence-corrected chi connectivity index (χ2v) is 6.08. The molecule has 1 aliphatic heterocycles. The summed E-state index contributed by atoms with van der Waals surface area (Å²) in [5.41, 5.74) is -3.19. The van der Waals surface area contributed by atoms with Crippen LogP contribution in [0.2, 0.25) is 0 Å². The van der Waals surface area contributed by atoms with E-state index < -0.39 is 5.51 Å². The van der Waals surface area contributed by atoms with Crippen LogP contribution in [0.25, 0.3) is 0 Å². The topological polar surface area (TPSA) is 15.3 Å². The summed E-state index contributed by atoms with van der Waals surface area (Å²) in [5, 5.41) is 3.30. The summed E-state index contributed by atoms with van der Waals surface area (Å²) < 4.78 is 37.0. The Morgan fingerprint density at radius 1 is 1.23 bits per heavy atom. The van der Waals surface area contributed by atoms with Crippen molar-refractivity contribution in [2.45, 2.75) is 22.9 Å². The van der Waals surface area contributed by atoms with Gasteiger partial charge in [-0.1, -0.05) is 18.2 Å². The van der Waals surface area contributed by atoms with Crippen molar-refractivity contribution < 1.29 is 13.2 Å². The maximum absolute atomic E-state index is 12.3. The summed E-state index contributed by atoms with van der Waals surface area (Å²) in [6.45, 7) is 7.56. The Morgan fingerprint density at radius 2 is 1.82 bits per heavy atom. The number of hydrogen-bond donors (Lipinski definition) is 1. The summed E-state index contributed by atoms with van der Waals surface area (Å²) in [7, 11) is 0. The van der Waals surface area contributed by atoms with E-state index in [0.29, 0.717) is 0 Å². The Morgan fingerprint density at radius 3 is 2.32 bits per heavy atom. The SMILES string of the molecule is C=CC[C@@H](c1ccc(SC(F)(F)F)cc1)N1CCNCC1.Cl. The van der Waals surface area contributed by atoms with Gasteiger partial charge in [-0.15, -0.1) is 19.0 Å². The van der Waals surface area contributed by atoms with Gasteiger partial charge in [0.25, 0.3) is 0 Å². The summed E-state index contributed by atoms with van der Waals surface area (Å²) in [6, 6.07) is 6.88. The minimum Gasteiger partial charge on any atom is -0.314 e. The van der Waals surface area contributed by atoms with Crippen LogP contribution in [0.15, 0.2) is 41.8 Å². The van der Waals surface area contributed by atoms with E-state index in [-0.39, 0.29) is 35.1 Å². The lowest BCUT2D eigenvalue weighted by Crippen LogP contribution is -2.45. The average molecular weight is 353 g/mol. The zero-order valence-electron chi connectivity index (χ0n) is 12.1. The first-order chi connectivity index (χ1) is 9.99. The third-order valence-electron chi connectivity index (χ3n) is 3.48. The Hall–Kier alpha value is -0.690. The minimum atomic E-state index is -4.24. The molecule has 1 N–H and O–H groups in total. The fourth-order valence-corrected chi connectivity index (χ4v) is 3.08. The molecule has 1 aliphatic rings. The van der Waals surface area contributed by atoms with Gasteiger partial charge in [-0.3, -0.25) is 4.90 Å². The third kappa shape index (κ3) is 5.83. The summed E-state index contributed by atoms with van der Waals surface area (Å²) in [4.78, 5) is 2.58. The highest BCUT2D eigenvalue weighted by atomic mass is 35.5. The molecule has 0 aromatic heterocycles. The van der Waals surface area contributed by atoms with Crippen LogP contribution in [0.5, 0.6) is 0 Å². The molecule has 7 heteroatoms. The first-order valence-electron chi connectivity index (χ1n) is 6.91. The monoisotopic (exact) mass is 352 g/mol. The molecular weight excluding hydrogens is 333 g/mol. The zero-order chi connectivity index (χ0) is 15.3. The average Bonchev–Trinajstić information content (AvgIpc) is 2.45. The molecule has 1 heterocycles. The van der Waals surface area contributed by atoms with E-state index in [1.54, 1.807) is 24.3 Å². The molecule has 1 aromatic rings. The van der Waals surface area contributed by atoms with E-state index in [2.05, 4.69) is 16.8 Å². The minimum absolute atomic E-state index is 0. The van der Waals surface area contributed by atoms with E-state index in [4.69, 9.17) is 0 Å². The molecule has 1 saturated heterocycles. The Labute approximate surface area is 139 Å². The number of halogens is 4. The second kappa shape index (κ2) is 8.82. The quantitative estimate of drug-likeness (QED) is 0.630. The molecule has 2 rings (SSSR count). The number of thioether (sulfide) groups is 1. The number of nitrogens with zero attached hydrogens (tertiary/aromatic N) is 1. The van der Waals surface area contributed by atoms with Crippen molar-refractivity contribution >= 4 is 24.2 Å². The highest BCUT2D eigenvalue weighted by Gasteiger charge is 2.29. The molecule has 0 spiro atoms. The first kappa shape index (κ1) is 19.4. The van der Waals surface area contributed by atoms with Gasteiger partial charge in [0.1, 0.15) is 0 Å². The summed E-state index contributed by atoms with van der Waals surface area (Å²) in [5.74, 6) is 0. The van der Waals surface area contributed by atoms with Gasteiger partial charge in [0, 0.05) is 37.1 Å². The highest BCUT2D eigenvalue weighted by molar-refractivity contribution is 8.00. The van der Waals surface area contributed by atoms with Crippen molar-refractivity contribution in [2.24, 2.45) is 0 Å². The van der Waals surface area contributed by atoms with Crippen LogP contribution in [0.3, 0.4) is 0 Å². The van der Waals surface area contributed by atoms with Gasteiger partial charge in [0.15, 0.2) is 0 Å². The molecule has 1 fully saturated rings. The van der Waals surface area contributed by atoms with Crippen molar-refractivity contribution in [1.29, 1.82) is 0 Å². The highest BCUT2D eigenvalue weighted by Crippen LogP contribution is 2.37. The zero-order valence-corrected chi connectivity index (χ0v) is 13.7. The molecule has 2 nitrogen and oxygen atoms in total. The molecule has 0 bridgehead atoms. The van der Waals surface area contributed by atoms with Gasteiger partial charge in [-0.25, -0.2) is 0 Å². The van der Waals surface area contributed by atoms with Crippen molar-refractivity contribution in [3.05, 3.63) is 42.5 Å². The number of piperazine rings is 1. The van der Waals surface area contributed by atoms with E-state index >= 15 is 0 Å². The predicted octanol–water partition coefficient (Wildman–Crippen LogP) is 4.24. The number of hydrogen-bond acceptors (Lipinski definition) is 3. The molecular formula is C15H20ClF3N2S. The standard InChI is InChI=1S/C15H19F3N2S.ClH/c1-2-3-14(20-10-8-19-9-11-20)12-4-6-13(7-5-12)21-15(16,17)18;/h2,4-7,14,19H,1,3,8-11H2;1H/t14-;/m0./s1. The molecule has 1 aromatic carbocycles. The van der Waals surface area contributed by atoms with Crippen LogP contribution in [0, 0.1) is 0 Å². The largest absolute Gasteiger partial charge is 0.446 e. The van der Waals surface area contributed by atoms with Gasteiger partial charge in [-0.05, 0) is 35.9 Å². The van der Waals surface area contributed by atoms with Crippen molar-refractivity contribution in [2.75, 3.05) is 26.2 Å². The number of nitrogens with one attached hydrogen (secondary N) is 1. The molecule has 0 unspecified atom stereocenters. The van der Waals surface area contributed by atoms with Crippen molar-refractivity contribution in [3.63, 3.8) is 0 Å². The van der Waals surface area contributed by atoms with E-state index in [0.717, 1.165) is 38.2 Å². The number of rotatable bonds is 5. The normalized spacial score (nSPS) is 17.6. The smallest absolute Gasteiger partial charge is 0.314 e. The van der Waals surface area contributed by atoms with E-state index in [1.165, 1.54) is 0 Å². The third-order valence-corrected chi connectivity index (χ3v) is 4.22. The fourth-order valence-electron chi connectivity index (χ4n) is 2.54. The Kier molecular flexibility index (Phi) is 7.76. The maximum Gasteiger partial charge on any atom is 0.446 e. The lowest BCUT2D eigenvalue weighted by atomic mass is 10.0. The molecule has 0 radical (unpaired) electrons. The summed E-state index contributed by atoms with van der Waals surface area (Å²) in [6.07, 6.45) is 2.66. The van der Waals surface area contributed by atoms with Crippen LogP contribution >= 0.6 is 24.2 Å². The predicted molar refractivity (Wildman–Crippen MR) is 87.6 cm³/mol. The first-order valence-corrected chi connectivity index (χ1v) is 7.72. The fraction of sp³-hybridized carbons (Fsp3) is 0.467. The molecule has 0 aliphatic carbocycles. The lowest BCUT2D eigenvalue weighted by molar-refractivity contribution is -0.0328. The van der Waals surface area contributed by atoms with E-state index in [9.17, 15) is 13.2 Å². The lowest BCUT2D eigenvalue weighted by Gasteiger charge is -2.34. The molecule has 0 amide bonds. The van der Waals surface area contributed by atoms with Crippen LogP contribution in [-0.4, -0.2) is 36.6 Å². The van der Waals surface area contributed by atoms with Crippen molar-refractivity contribution in [3.8, 4) is 0 Å². The van der Waals surface area contributed by atoms with Gasteiger partial charge >= 0.3 is 5.51 Å². The van der Waals surface area contributed by atoms with Gasteiger partial charge in [-0.2, -0.15) is 13.2 Å². The number of benzene rings is 1. The second-order valence-electron chi connectivity index (χ2n) is 4.94. The van der Waals surface area contributed by atoms with Gasteiger partial charge < -0.3 is 5.32 Å². The van der Waals surface area contributed by atoms with Gasteiger partial charge in [0.2, 0.25) is 0 Å².